The Bertz CT molecular complexity index is 1040. The predicted octanol–water partition coefficient (Wildman–Crippen LogP) is 3.36. The monoisotopic (exact) mass is 448 g/mol. The Balaban J connectivity index is 1.23. The van der Waals surface area contributed by atoms with Crippen LogP contribution < -0.4 is 20.3 Å². The Morgan fingerprint density at radius 2 is 1.85 bits per heavy atom. The van der Waals surface area contributed by atoms with Gasteiger partial charge in [-0.25, -0.2) is 0 Å². The lowest BCUT2D eigenvalue weighted by atomic mass is 10.0. The van der Waals surface area contributed by atoms with Gasteiger partial charge < -0.3 is 20.3 Å². The molecule has 2 N–H and O–H groups in total. The van der Waals surface area contributed by atoms with Gasteiger partial charge in [-0.15, -0.1) is 0 Å². The van der Waals surface area contributed by atoms with Crippen molar-refractivity contribution in [1.29, 1.82) is 0 Å². The second-order valence-corrected chi connectivity index (χ2v) is 9.25. The second kappa shape index (κ2) is 9.06. The maximum atomic E-state index is 12.1. The first-order chi connectivity index (χ1) is 16.0. The molecule has 2 aliphatic heterocycles. The van der Waals surface area contributed by atoms with E-state index in [1.165, 1.54) is 24.0 Å². The standard InChI is InChI=1S/C26H32N4O3/c1-3-27-26(32)20-6-8-21(9-7-20)30-12-10-29(11-13-30)16-18-14-22(19-4-5-19)24-23(15-18)28-25(31)17(2)33-24/h6-9,14-15,17,19H,3-5,10-13,16H2,1-2H3,(H,27,32)(H,28,31). The molecule has 1 saturated carbocycles. The van der Waals surface area contributed by atoms with Gasteiger partial charge in [0.15, 0.2) is 6.10 Å². The zero-order valence-electron chi connectivity index (χ0n) is 19.4. The number of carbonyl (C=O) groups excluding carboxylic acids is 2. The van der Waals surface area contributed by atoms with Crippen LogP contribution in [0, 0.1) is 0 Å². The number of hydrogen-bond donors (Lipinski definition) is 2. The van der Waals surface area contributed by atoms with Gasteiger partial charge in [0.05, 0.1) is 5.69 Å². The number of fused-ring (bicyclic) bond motifs is 1. The summed E-state index contributed by atoms with van der Waals surface area (Å²) in [6, 6.07) is 12.2. The number of nitrogens with zero attached hydrogens (tertiary/aromatic N) is 2. The van der Waals surface area contributed by atoms with Crippen molar-refractivity contribution in [2.75, 3.05) is 42.9 Å². The predicted molar refractivity (Wildman–Crippen MR) is 129 cm³/mol. The van der Waals surface area contributed by atoms with Gasteiger partial charge in [0.25, 0.3) is 11.8 Å². The van der Waals surface area contributed by atoms with E-state index in [-0.39, 0.29) is 11.8 Å². The first kappa shape index (κ1) is 21.8. The van der Waals surface area contributed by atoms with Gasteiger partial charge in [0, 0.05) is 50.5 Å². The van der Waals surface area contributed by atoms with Gasteiger partial charge in [-0.3, -0.25) is 14.5 Å². The molecule has 7 nitrogen and oxygen atoms in total. The minimum Gasteiger partial charge on any atom is -0.478 e. The van der Waals surface area contributed by atoms with E-state index in [2.05, 4.69) is 32.6 Å². The number of benzene rings is 2. The van der Waals surface area contributed by atoms with Crippen molar-refractivity contribution >= 4 is 23.2 Å². The molecule has 5 rings (SSSR count). The molecule has 2 aromatic rings. The van der Waals surface area contributed by atoms with E-state index in [4.69, 9.17) is 4.74 Å². The average molecular weight is 449 g/mol. The lowest BCUT2D eigenvalue weighted by Crippen LogP contribution is -2.46. The fraction of sp³-hybridized carbons (Fsp3) is 0.462. The molecule has 3 aliphatic rings. The summed E-state index contributed by atoms with van der Waals surface area (Å²) in [5.74, 6) is 1.32. The van der Waals surface area contributed by atoms with Crippen LogP contribution in [0.2, 0.25) is 0 Å². The molecule has 2 amide bonds. The molecule has 1 atom stereocenters. The minimum absolute atomic E-state index is 0.0273. The van der Waals surface area contributed by atoms with Crippen LogP contribution >= 0.6 is 0 Å². The smallest absolute Gasteiger partial charge is 0.265 e. The molecule has 0 bridgehead atoms. The highest BCUT2D eigenvalue weighted by Gasteiger charge is 2.33. The van der Waals surface area contributed by atoms with Gasteiger partial charge in [0.1, 0.15) is 5.75 Å². The van der Waals surface area contributed by atoms with Gasteiger partial charge in [-0.2, -0.15) is 0 Å². The first-order valence-corrected chi connectivity index (χ1v) is 12.0. The molecule has 0 radical (unpaired) electrons. The third kappa shape index (κ3) is 4.69. The lowest BCUT2D eigenvalue weighted by molar-refractivity contribution is -0.122. The molecule has 33 heavy (non-hydrogen) atoms. The Morgan fingerprint density at radius 3 is 2.52 bits per heavy atom. The van der Waals surface area contributed by atoms with Crippen LogP contribution in [0.15, 0.2) is 36.4 Å². The van der Waals surface area contributed by atoms with Crippen LogP contribution in [0.1, 0.15) is 54.1 Å². The lowest BCUT2D eigenvalue weighted by Gasteiger charge is -2.36. The SMILES string of the molecule is CCNC(=O)c1ccc(N2CCN(Cc3cc4c(c(C5CC5)c3)OC(C)C(=O)N4)CC2)cc1. The summed E-state index contributed by atoms with van der Waals surface area (Å²) in [6.45, 7) is 9.04. The number of amides is 2. The zero-order valence-corrected chi connectivity index (χ0v) is 19.4. The number of hydrogen-bond acceptors (Lipinski definition) is 5. The van der Waals surface area contributed by atoms with E-state index >= 15 is 0 Å². The molecule has 0 spiro atoms. The van der Waals surface area contributed by atoms with E-state index in [0.29, 0.717) is 18.0 Å². The van der Waals surface area contributed by atoms with Gasteiger partial charge in [-0.1, -0.05) is 6.07 Å². The van der Waals surface area contributed by atoms with E-state index in [1.807, 2.05) is 31.2 Å². The van der Waals surface area contributed by atoms with Crippen LogP contribution in [0.4, 0.5) is 11.4 Å². The van der Waals surface area contributed by atoms with E-state index in [9.17, 15) is 9.59 Å². The molecule has 174 valence electrons. The van der Waals surface area contributed by atoms with E-state index < -0.39 is 6.10 Å². The largest absolute Gasteiger partial charge is 0.478 e. The highest BCUT2D eigenvalue weighted by molar-refractivity contribution is 5.98. The third-order valence-corrected chi connectivity index (χ3v) is 6.73. The van der Waals surface area contributed by atoms with Crippen LogP contribution in [0.5, 0.6) is 5.75 Å². The topological polar surface area (TPSA) is 73.9 Å². The van der Waals surface area contributed by atoms with Gasteiger partial charge in [0.2, 0.25) is 0 Å². The molecule has 1 saturated heterocycles. The highest BCUT2D eigenvalue weighted by Crippen LogP contribution is 2.48. The fourth-order valence-electron chi connectivity index (χ4n) is 4.70. The average Bonchev–Trinajstić information content (AvgIpc) is 3.66. The normalized spacial score (nSPS) is 20.6. The number of carbonyl (C=O) groups is 2. The maximum Gasteiger partial charge on any atom is 0.265 e. The van der Waals surface area contributed by atoms with Crippen LogP contribution in [0.3, 0.4) is 0 Å². The molecule has 0 aromatic heterocycles. The van der Waals surface area contributed by atoms with E-state index in [1.54, 1.807) is 6.92 Å². The summed E-state index contributed by atoms with van der Waals surface area (Å²) in [5, 5.41) is 5.88. The number of ether oxygens (including phenoxy) is 1. The summed E-state index contributed by atoms with van der Waals surface area (Å²) in [6.07, 6.45) is 1.95. The third-order valence-electron chi connectivity index (χ3n) is 6.73. The number of rotatable bonds is 6. The molecule has 1 unspecified atom stereocenters. The van der Waals surface area contributed by atoms with Crippen molar-refractivity contribution in [3.05, 3.63) is 53.1 Å². The quantitative estimate of drug-likeness (QED) is 0.709. The molecular formula is C26H32N4O3. The summed E-state index contributed by atoms with van der Waals surface area (Å²) >= 11 is 0. The Kier molecular flexibility index (Phi) is 5.98. The van der Waals surface area contributed by atoms with Gasteiger partial charge in [-0.05, 0) is 74.1 Å². The summed E-state index contributed by atoms with van der Waals surface area (Å²) in [4.78, 5) is 29.0. The van der Waals surface area contributed by atoms with Crippen LogP contribution in [-0.4, -0.2) is 55.5 Å². The van der Waals surface area contributed by atoms with Crippen molar-refractivity contribution < 1.29 is 14.3 Å². The van der Waals surface area contributed by atoms with E-state index in [0.717, 1.165) is 49.8 Å². The van der Waals surface area contributed by atoms with Gasteiger partial charge >= 0.3 is 0 Å². The number of nitrogens with one attached hydrogen (secondary N) is 2. The van der Waals surface area contributed by atoms with Crippen molar-refractivity contribution in [2.24, 2.45) is 0 Å². The van der Waals surface area contributed by atoms with Crippen LogP contribution in [-0.2, 0) is 11.3 Å². The zero-order chi connectivity index (χ0) is 22.9. The second-order valence-electron chi connectivity index (χ2n) is 9.25. The highest BCUT2D eigenvalue weighted by atomic mass is 16.5. The minimum atomic E-state index is -0.441. The fourth-order valence-corrected chi connectivity index (χ4v) is 4.70. The summed E-state index contributed by atoms with van der Waals surface area (Å²) in [7, 11) is 0. The molecule has 1 aliphatic carbocycles. The number of anilines is 2. The summed E-state index contributed by atoms with van der Waals surface area (Å²) in [5.41, 5.74) is 5.16. The molecule has 2 heterocycles. The maximum absolute atomic E-state index is 12.1. The Morgan fingerprint density at radius 1 is 1.12 bits per heavy atom. The molecule has 2 aromatic carbocycles. The molecule has 2 fully saturated rings. The first-order valence-electron chi connectivity index (χ1n) is 12.0. The number of piperazine rings is 1. The van der Waals surface area contributed by atoms with Crippen LogP contribution in [0.25, 0.3) is 0 Å². The Labute approximate surface area is 195 Å². The van der Waals surface area contributed by atoms with Crippen molar-refractivity contribution in [1.82, 2.24) is 10.2 Å². The Hall–Kier alpha value is -3.06. The molecule has 7 heteroatoms. The van der Waals surface area contributed by atoms with Crippen molar-refractivity contribution in [3.63, 3.8) is 0 Å². The molecular weight excluding hydrogens is 416 g/mol. The summed E-state index contributed by atoms with van der Waals surface area (Å²) < 4.78 is 5.96. The van der Waals surface area contributed by atoms with Crippen molar-refractivity contribution in [2.45, 2.75) is 45.3 Å². The van der Waals surface area contributed by atoms with Crippen molar-refractivity contribution in [3.8, 4) is 5.75 Å².